The van der Waals surface area contributed by atoms with E-state index in [2.05, 4.69) is 5.10 Å². The van der Waals surface area contributed by atoms with Crippen LogP contribution in [-0.4, -0.2) is 52.4 Å². The number of hydrogen-bond donors (Lipinski definition) is 1. The Kier molecular flexibility index (Phi) is 4.55. The lowest BCUT2D eigenvalue weighted by Gasteiger charge is -2.36. The van der Waals surface area contributed by atoms with Crippen molar-refractivity contribution in [3.05, 3.63) is 18.5 Å². The topological polar surface area (TPSA) is 73.4 Å². The van der Waals surface area contributed by atoms with E-state index in [4.69, 9.17) is 10.5 Å². The minimum absolute atomic E-state index is 0.0277. The predicted octanol–water partition coefficient (Wildman–Crippen LogP) is 0.628. The first kappa shape index (κ1) is 14.5. The first-order chi connectivity index (χ1) is 10.2. The summed E-state index contributed by atoms with van der Waals surface area (Å²) < 4.78 is 7.62. The Morgan fingerprint density at radius 1 is 1.43 bits per heavy atom. The van der Waals surface area contributed by atoms with Crippen LogP contribution in [0.2, 0.25) is 0 Å². The van der Waals surface area contributed by atoms with Crippen molar-refractivity contribution in [3.8, 4) is 0 Å². The van der Waals surface area contributed by atoms with E-state index in [1.165, 1.54) is 0 Å². The van der Waals surface area contributed by atoms with Gasteiger partial charge in [0, 0.05) is 37.4 Å². The predicted molar refractivity (Wildman–Crippen MR) is 78.5 cm³/mol. The third-order valence-electron chi connectivity index (χ3n) is 4.46. The van der Waals surface area contributed by atoms with Gasteiger partial charge in [-0.15, -0.1) is 0 Å². The minimum atomic E-state index is 0.0277. The quantitative estimate of drug-likeness (QED) is 0.887. The summed E-state index contributed by atoms with van der Waals surface area (Å²) in [4.78, 5) is 14.6. The van der Waals surface area contributed by atoms with E-state index in [1.807, 2.05) is 21.8 Å². The lowest BCUT2D eigenvalue weighted by Crippen LogP contribution is -2.50. The number of morpholine rings is 1. The zero-order chi connectivity index (χ0) is 14.7. The molecule has 0 bridgehead atoms. The number of hydrogen-bond acceptors (Lipinski definition) is 4. The zero-order valence-corrected chi connectivity index (χ0v) is 12.4. The van der Waals surface area contributed by atoms with Crippen molar-refractivity contribution < 1.29 is 9.53 Å². The number of aromatic nitrogens is 2. The van der Waals surface area contributed by atoms with Crippen molar-refractivity contribution in [2.45, 2.75) is 44.4 Å². The molecule has 1 aromatic rings. The van der Waals surface area contributed by atoms with Gasteiger partial charge in [-0.2, -0.15) is 5.10 Å². The molecule has 2 N–H and O–H groups in total. The second kappa shape index (κ2) is 6.58. The SMILES string of the molecule is NC1CCCC(C(=O)N2CCOC(Cn3cccn3)C2)C1. The standard InChI is InChI=1S/C15H24N4O2/c16-13-4-1-3-12(9-13)15(20)18-7-8-21-14(10-18)11-19-6-2-5-17-19/h2,5-6,12-14H,1,3-4,7-11,16H2. The lowest BCUT2D eigenvalue weighted by molar-refractivity contribution is -0.144. The molecular formula is C15H24N4O2. The van der Waals surface area contributed by atoms with Crippen molar-refractivity contribution in [2.24, 2.45) is 11.7 Å². The second-order valence-electron chi connectivity index (χ2n) is 6.13. The molecule has 6 nitrogen and oxygen atoms in total. The van der Waals surface area contributed by atoms with Crippen LogP contribution < -0.4 is 5.73 Å². The fraction of sp³-hybridized carbons (Fsp3) is 0.733. The van der Waals surface area contributed by atoms with Crippen molar-refractivity contribution in [2.75, 3.05) is 19.7 Å². The lowest BCUT2D eigenvalue weighted by atomic mass is 9.85. The molecular weight excluding hydrogens is 268 g/mol. The normalized spacial score (nSPS) is 30.3. The highest BCUT2D eigenvalue weighted by Crippen LogP contribution is 2.25. The van der Waals surface area contributed by atoms with Crippen LogP contribution in [0.4, 0.5) is 0 Å². The highest BCUT2D eigenvalue weighted by Gasteiger charge is 2.32. The molecule has 3 unspecified atom stereocenters. The number of rotatable bonds is 3. The number of carbonyl (C=O) groups is 1. The van der Waals surface area contributed by atoms with Crippen LogP contribution in [0.1, 0.15) is 25.7 Å². The molecule has 0 radical (unpaired) electrons. The molecule has 2 aliphatic rings. The van der Waals surface area contributed by atoms with E-state index in [0.29, 0.717) is 26.2 Å². The van der Waals surface area contributed by atoms with Gasteiger partial charge in [-0.1, -0.05) is 6.42 Å². The summed E-state index contributed by atoms with van der Waals surface area (Å²) >= 11 is 0. The Hall–Kier alpha value is -1.40. The van der Waals surface area contributed by atoms with Gasteiger partial charge in [0.1, 0.15) is 0 Å². The number of carbonyl (C=O) groups excluding carboxylic acids is 1. The van der Waals surface area contributed by atoms with E-state index >= 15 is 0 Å². The summed E-state index contributed by atoms with van der Waals surface area (Å²) in [5, 5.41) is 4.20. The van der Waals surface area contributed by atoms with Gasteiger partial charge in [0.25, 0.3) is 0 Å². The van der Waals surface area contributed by atoms with E-state index in [-0.39, 0.29) is 24.0 Å². The number of nitrogens with zero attached hydrogens (tertiary/aromatic N) is 3. The van der Waals surface area contributed by atoms with Crippen LogP contribution in [0.5, 0.6) is 0 Å². The van der Waals surface area contributed by atoms with Crippen molar-refractivity contribution in [3.63, 3.8) is 0 Å². The molecule has 1 saturated heterocycles. The molecule has 2 fully saturated rings. The second-order valence-corrected chi connectivity index (χ2v) is 6.13. The van der Waals surface area contributed by atoms with Gasteiger partial charge in [0.2, 0.25) is 5.91 Å². The molecule has 2 heterocycles. The molecule has 1 saturated carbocycles. The summed E-state index contributed by atoms with van der Waals surface area (Å²) in [6.45, 7) is 2.65. The van der Waals surface area contributed by atoms with Gasteiger partial charge < -0.3 is 15.4 Å². The monoisotopic (exact) mass is 292 g/mol. The maximum absolute atomic E-state index is 12.6. The summed E-state index contributed by atoms with van der Waals surface area (Å²) in [7, 11) is 0. The van der Waals surface area contributed by atoms with Crippen molar-refractivity contribution >= 4 is 5.91 Å². The van der Waals surface area contributed by atoms with Crippen LogP contribution >= 0.6 is 0 Å². The average molecular weight is 292 g/mol. The Balaban J connectivity index is 1.56. The maximum atomic E-state index is 12.6. The third-order valence-corrected chi connectivity index (χ3v) is 4.46. The summed E-state index contributed by atoms with van der Waals surface area (Å²) in [6.07, 6.45) is 7.64. The van der Waals surface area contributed by atoms with Crippen LogP contribution in [-0.2, 0) is 16.1 Å². The Bertz CT molecular complexity index is 462. The van der Waals surface area contributed by atoms with Crippen LogP contribution in [0.25, 0.3) is 0 Å². The van der Waals surface area contributed by atoms with E-state index in [9.17, 15) is 4.79 Å². The Labute approximate surface area is 125 Å². The largest absolute Gasteiger partial charge is 0.373 e. The van der Waals surface area contributed by atoms with Crippen LogP contribution in [0, 0.1) is 5.92 Å². The Morgan fingerprint density at radius 2 is 2.33 bits per heavy atom. The van der Waals surface area contributed by atoms with Gasteiger partial charge in [0.15, 0.2) is 0 Å². The van der Waals surface area contributed by atoms with Crippen molar-refractivity contribution in [1.82, 2.24) is 14.7 Å². The highest BCUT2D eigenvalue weighted by atomic mass is 16.5. The van der Waals surface area contributed by atoms with Gasteiger partial charge in [0.05, 0.1) is 19.3 Å². The van der Waals surface area contributed by atoms with Gasteiger partial charge in [-0.05, 0) is 25.3 Å². The molecule has 0 spiro atoms. The van der Waals surface area contributed by atoms with E-state index in [1.54, 1.807) is 6.20 Å². The highest BCUT2D eigenvalue weighted by molar-refractivity contribution is 5.79. The first-order valence-corrected chi connectivity index (χ1v) is 7.86. The molecule has 1 aromatic heterocycles. The number of ether oxygens (including phenoxy) is 1. The molecule has 3 atom stereocenters. The minimum Gasteiger partial charge on any atom is -0.373 e. The van der Waals surface area contributed by atoms with Crippen LogP contribution in [0.3, 0.4) is 0 Å². The van der Waals surface area contributed by atoms with Gasteiger partial charge in [-0.25, -0.2) is 0 Å². The number of amides is 1. The third kappa shape index (κ3) is 3.63. The molecule has 116 valence electrons. The zero-order valence-electron chi connectivity index (χ0n) is 12.4. The molecule has 3 rings (SSSR count). The fourth-order valence-corrected chi connectivity index (χ4v) is 3.36. The smallest absolute Gasteiger partial charge is 0.225 e. The van der Waals surface area contributed by atoms with Gasteiger partial charge >= 0.3 is 0 Å². The fourth-order valence-electron chi connectivity index (χ4n) is 3.36. The molecule has 1 aliphatic carbocycles. The molecule has 1 amide bonds. The van der Waals surface area contributed by atoms with E-state index < -0.39 is 0 Å². The molecule has 1 aliphatic heterocycles. The molecule has 0 aromatic carbocycles. The van der Waals surface area contributed by atoms with Crippen molar-refractivity contribution in [1.29, 1.82) is 0 Å². The first-order valence-electron chi connectivity index (χ1n) is 7.86. The van der Waals surface area contributed by atoms with Crippen LogP contribution in [0.15, 0.2) is 18.5 Å². The molecule has 6 heteroatoms. The molecule has 21 heavy (non-hydrogen) atoms. The van der Waals surface area contributed by atoms with Gasteiger partial charge in [-0.3, -0.25) is 9.48 Å². The summed E-state index contributed by atoms with van der Waals surface area (Å²) in [5.74, 6) is 0.371. The van der Waals surface area contributed by atoms with E-state index in [0.717, 1.165) is 25.7 Å². The summed E-state index contributed by atoms with van der Waals surface area (Å²) in [5.41, 5.74) is 6.00. The Morgan fingerprint density at radius 3 is 3.10 bits per heavy atom. The number of nitrogens with two attached hydrogens (primary N) is 1. The summed E-state index contributed by atoms with van der Waals surface area (Å²) in [6, 6.07) is 2.09. The average Bonchev–Trinajstić information content (AvgIpc) is 3.00. The maximum Gasteiger partial charge on any atom is 0.225 e.